The molecule has 28 heavy (non-hydrogen) atoms. The summed E-state index contributed by atoms with van der Waals surface area (Å²) >= 11 is 1.25. The van der Waals surface area contributed by atoms with Crippen molar-refractivity contribution in [3.05, 3.63) is 35.0 Å². The van der Waals surface area contributed by atoms with Gasteiger partial charge in [0.25, 0.3) is 0 Å². The van der Waals surface area contributed by atoms with E-state index in [1.54, 1.807) is 6.92 Å². The highest BCUT2D eigenvalue weighted by Gasteiger charge is 2.22. The molecule has 1 aromatic carbocycles. The summed E-state index contributed by atoms with van der Waals surface area (Å²) in [6.45, 7) is 8.88. The topological polar surface area (TPSA) is 69.1 Å². The second-order valence-corrected chi connectivity index (χ2v) is 8.02. The van der Waals surface area contributed by atoms with Crippen LogP contribution in [-0.2, 0) is 6.42 Å². The molecule has 0 amide bonds. The number of para-hydroxylation sites is 2. The molecule has 0 radical (unpaired) electrons. The zero-order valence-corrected chi connectivity index (χ0v) is 18.1. The molecule has 2 N–H and O–H groups in total. The van der Waals surface area contributed by atoms with Gasteiger partial charge in [-0.05, 0) is 25.5 Å². The van der Waals surface area contributed by atoms with Crippen molar-refractivity contribution in [2.45, 2.75) is 32.8 Å². The maximum atomic E-state index is 10.4. The SMILES string of the molecule is CCCOc1ccccc1N1CCN(CC(O)Cc2nc(C)c(O)s2)CC1.Cl. The smallest absolute Gasteiger partial charge is 0.194 e. The number of nitrogens with zero attached hydrogens (tertiary/aromatic N) is 3. The van der Waals surface area contributed by atoms with E-state index in [-0.39, 0.29) is 17.5 Å². The number of hydrogen-bond acceptors (Lipinski definition) is 7. The van der Waals surface area contributed by atoms with Crippen LogP contribution < -0.4 is 9.64 Å². The summed E-state index contributed by atoms with van der Waals surface area (Å²) in [4.78, 5) is 8.94. The quantitative estimate of drug-likeness (QED) is 0.674. The van der Waals surface area contributed by atoms with Gasteiger partial charge in [-0.25, -0.2) is 4.98 Å². The second kappa shape index (κ2) is 10.9. The number of halogens is 1. The van der Waals surface area contributed by atoms with E-state index in [2.05, 4.69) is 33.8 Å². The molecule has 1 aromatic heterocycles. The van der Waals surface area contributed by atoms with E-state index >= 15 is 0 Å². The van der Waals surface area contributed by atoms with Crippen molar-refractivity contribution >= 4 is 29.4 Å². The Morgan fingerprint density at radius 1 is 1.21 bits per heavy atom. The Labute approximate surface area is 177 Å². The van der Waals surface area contributed by atoms with Crippen LogP contribution in [0.2, 0.25) is 0 Å². The molecule has 1 saturated heterocycles. The lowest BCUT2D eigenvalue weighted by Crippen LogP contribution is -2.49. The molecular formula is C20H30ClN3O3S. The Bertz CT molecular complexity index is 716. The van der Waals surface area contributed by atoms with Crippen molar-refractivity contribution in [2.24, 2.45) is 0 Å². The van der Waals surface area contributed by atoms with Crippen LogP contribution in [0.3, 0.4) is 0 Å². The molecule has 1 aliphatic rings. The van der Waals surface area contributed by atoms with Gasteiger partial charge in [0.05, 0.1) is 29.1 Å². The normalized spacial score (nSPS) is 15.9. The minimum atomic E-state index is -0.471. The number of rotatable bonds is 8. The van der Waals surface area contributed by atoms with E-state index in [0.29, 0.717) is 18.7 Å². The highest BCUT2D eigenvalue weighted by atomic mass is 35.5. The predicted octanol–water partition coefficient (Wildman–Crippen LogP) is 3.09. The Balaban J connectivity index is 0.00000280. The fourth-order valence-corrected chi connectivity index (χ4v) is 4.19. The van der Waals surface area contributed by atoms with Gasteiger partial charge in [-0.2, -0.15) is 0 Å². The van der Waals surface area contributed by atoms with Crippen LogP contribution in [0, 0.1) is 6.92 Å². The summed E-state index contributed by atoms with van der Waals surface area (Å²) in [6.07, 6.45) is 1.01. The first-order valence-corrected chi connectivity index (χ1v) is 10.4. The van der Waals surface area contributed by atoms with Crippen LogP contribution in [0.15, 0.2) is 24.3 Å². The molecule has 2 aromatic rings. The number of ether oxygens (including phenoxy) is 1. The van der Waals surface area contributed by atoms with Crippen LogP contribution in [0.5, 0.6) is 10.8 Å². The standard InChI is InChI=1S/C20H29N3O3S.ClH/c1-3-12-26-18-7-5-4-6-17(18)23-10-8-22(9-11-23)14-16(24)13-19-21-15(2)20(25)27-19;/h4-7,16,24-25H,3,8-14H2,1-2H3;1H. The van der Waals surface area contributed by atoms with Gasteiger partial charge in [0, 0.05) is 39.1 Å². The van der Waals surface area contributed by atoms with Crippen molar-refractivity contribution in [3.63, 3.8) is 0 Å². The molecule has 1 atom stereocenters. The maximum Gasteiger partial charge on any atom is 0.194 e. The van der Waals surface area contributed by atoms with Gasteiger partial charge in [0.1, 0.15) is 5.75 Å². The van der Waals surface area contributed by atoms with Gasteiger partial charge in [-0.1, -0.05) is 30.4 Å². The first kappa shape index (κ1) is 22.7. The third-order valence-corrected chi connectivity index (χ3v) is 5.72. The summed E-state index contributed by atoms with van der Waals surface area (Å²) in [5, 5.41) is 21.1. The largest absolute Gasteiger partial charge is 0.498 e. The summed E-state index contributed by atoms with van der Waals surface area (Å²) in [5.74, 6) is 0.951. The van der Waals surface area contributed by atoms with Gasteiger partial charge in [0.2, 0.25) is 0 Å². The number of thiazole rings is 1. The van der Waals surface area contributed by atoms with Crippen molar-refractivity contribution in [3.8, 4) is 10.8 Å². The molecule has 1 aliphatic heterocycles. The van der Waals surface area contributed by atoms with Crippen LogP contribution in [0.25, 0.3) is 0 Å². The molecule has 0 spiro atoms. The third-order valence-electron chi connectivity index (χ3n) is 4.74. The molecule has 0 aliphatic carbocycles. The van der Waals surface area contributed by atoms with Crippen molar-refractivity contribution < 1.29 is 14.9 Å². The molecule has 8 heteroatoms. The van der Waals surface area contributed by atoms with E-state index < -0.39 is 6.10 Å². The summed E-state index contributed by atoms with van der Waals surface area (Å²) < 4.78 is 5.89. The summed E-state index contributed by atoms with van der Waals surface area (Å²) in [5.41, 5.74) is 1.79. The number of piperazine rings is 1. The number of anilines is 1. The second-order valence-electron chi connectivity index (χ2n) is 6.96. The molecule has 2 heterocycles. The van der Waals surface area contributed by atoms with Gasteiger partial charge in [-0.3, -0.25) is 4.90 Å². The van der Waals surface area contributed by atoms with E-state index in [4.69, 9.17) is 4.74 Å². The Morgan fingerprint density at radius 3 is 2.57 bits per heavy atom. The average Bonchev–Trinajstić information content (AvgIpc) is 2.98. The van der Waals surface area contributed by atoms with E-state index in [1.165, 1.54) is 11.3 Å². The molecule has 1 unspecified atom stereocenters. The van der Waals surface area contributed by atoms with Gasteiger partial charge < -0.3 is 19.8 Å². The zero-order chi connectivity index (χ0) is 19.2. The van der Waals surface area contributed by atoms with Crippen molar-refractivity contribution in [1.82, 2.24) is 9.88 Å². The highest BCUT2D eigenvalue weighted by Crippen LogP contribution is 2.29. The lowest BCUT2D eigenvalue weighted by atomic mass is 10.2. The Kier molecular flexibility index (Phi) is 8.82. The van der Waals surface area contributed by atoms with Crippen molar-refractivity contribution in [2.75, 3.05) is 44.2 Å². The monoisotopic (exact) mass is 427 g/mol. The number of aromatic nitrogens is 1. The molecule has 6 nitrogen and oxygen atoms in total. The van der Waals surface area contributed by atoms with E-state index in [0.717, 1.165) is 55.7 Å². The molecule has 3 rings (SSSR count). The number of aliphatic hydroxyl groups excluding tert-OH is 1. The van der Waals surface area contributed by atoms with E-state index in [1.807, 2.05) is 12.1 Å². The maximum absolute atomic E-state index is 10.4. The minimum Gasteiger partial charge on any atom is -0.498 e. The average molecular weight is 428 g/mol. The Morgan fingerprint density at radius 2 is 1.93 bits per heavy atom. The summed E-state index contributed by atoms with van der Waals surface area (Å²) in [7, 11) is 0. The fourth-order valence-electron chi connectivity index (χ4n) is 3.32. The lowest BCUT2D eigenvalue weighted by Gasteiger charge is -2.37. The molecule has 0 bridgehead atoms. The first-order valence-electron chi connectivity index (χ1n) is 9.59. The molecule has 0 saturated carbocycles. The third kappa shape index (κ3) is 5.98. The number of benzene rings is 1. The van der Waals surface area contributed by atoms with Crippen LogP contribution in [-0.4, -0.2) is 65.5 Å². The lowest BCUT2D eigenvalue weighted by molar-refractivity contribution is 0.109. The van der Waals surface area contributed by atoms with Crippen LogP contribution in [0.1, 0.15) is 24.0 Å². The molecule has 156 valence electrons. The number of β-amino-alcohol motifs (C(OH)–C–C–N with tert-alkyl or cyclic N) is 1. The number of aliphatic hydroxyl groups is 1. The Hall–Kier alpha value is -1.54. The molecule has 1 fully saturated rings. The van der Waals surface area contributed by atoms with Crippen LogP contribution >= 0.6 is 23.7 Å². The summed E-state index contributed by atoms with van der Waals surface area (Å²) in [6, 6.07) is 8.22. The number of aromatic hydroxyl groups is 1. The van der Waals surface area contributed by atoms with Crippen molar-refractivity contribution in [1.29, 1.82) is 0 Å². The molecular weight excluding hydrogens is 398 g/mol. The number of aryl methyl sites for hydroxylation is 1. The van der Waals surface area contributed by atoms with Gasteiger partial charge in [0.15, 0.2) is 5.06 Å². The van der Waals surface area contributed by atoms with Crippen LogP contribution in [0.4, 0.5) is 5.69 Å². The zero-order valence-electron chi connectivity index (χ0n) is 16.5. The van der Waals surface area contributed by atoms with Gasteiger partial charge >= 0.3 is 0 Å². The predicted molar refractivity (Wildman–Crippen MR) is 116 cm³/mol. The van der Waals surface area contributed by atoms with Gasteiger partial charge in [-0.15, -0.1) is 12.4 Å². The first-order chi connectivity index (χ1) is 13.1. The number of hydrogen-bond donors (Lipinski definition) is 2. The highest BCUT2D eigenvalue weighted by molar-refractivity contribution is 7.13. The van der Waals surface area contributed by atoms with E-state index in [9.17, 15) is 10.2 Å². The minimum absolute atomic E-state index is 0. The fraction of sp³-hybridized carbons (Fsp3) is 0.550.